The van der Waals surface area contributed by atoms with Gasteiger partial charge in [-0.2, -0.15) is 0 Å². The number of amides is 3. The van der Waals surface area contributed by atoms with Gasteiger partial charge in [0.15, 0.2) is 11.6 Å². The van der Waals surface area contributed by atoms with Crippen molar-refractivity contribution in [2.45, 2.75) is 19.0 Å². The predicted molar refractivity (Wildman–Crippen MR) is 104 cm³/mol. The zero-order valence-corrected chi connectivity index (χ0v) is 16.3. The summed E-state index contributed by atoms with van der Waals surface area (Å²) in [6, 6.07) is 11.6. The molecule has 2 aliphatic rings. The third kappa shape index (κ3) is 3.90. The van der Waals surface area contributed by atoms with Crippen molar-refractivity contribution in [3.05, 3.63) is 71.3 Å². The first-order valence-corrected chi connectivity index (χ1v) is 9.80. The topological polar surface area (TPSA) is 60.9 Å². The minimum atomic E-state index is -1.10. The third-order valence-electron chi connectivity index (χ3n) is 5.51. The number of carbonyl (C=O) groups excluding carboxylic acids is 3. The van der Waals surface area contributed by atoms with Crippen molar-refractivity contribution in [3.63, 3.8) is 0 Å². The maximum atomic E-state index is 13.6. The SMILES string of the molecule is O=C(c1ccc(F)c(F)c1)N1CCCN2C(=O)CN(Cc3ccccc3)C(=O)C2C1. The summed E-state index contributed by atoms with van der Waals surface area (Å²) in [5.74, 6) is -2.99. The number of rotatable bonds is 3. The molecule has 156 valence electrons. The zero-order valence-electron chi connectivity index (χ0n) is 16.3. The molecule has 6 nitrogen and oxygen atoms in total. The van der Waals surface area contributed by atoms with Crippen LogP contribution in [0.1, 0.15) is 22.3 Å². The van der Waals surface area contributed by atoms with Gasteiger partial charge in [0.2, 0.25) is 11.8 Å². The quantitative estimate of drug-likeness (QED) is 0.774. The molecule has 0 aromatic heterocycles. The van der Waals surface area contributed by atoms with Gasteiger partial charge in [-0.3, -0.25) is 14.4 Å². The summed E-state index contributed by atoms with van der Waals surface area (Å²) in [4.78, 5) is 43.2. The van der Waals surface area contributed by atoms with E-state index in [2.05, 4.69) is 0 Å². The van der Waals surface area contributed by atoms with Crippen LogP contribution in [-0.2, 0) is 16.1 Å². The van der Waals surface area contributed by atoms with Gasteiger partial charge in [0.05, 0.1) is 6.54 Å². The van der Waals surface area contributed by atoms with E-state index >= 15 is 0 Å². The van der Waals surface area contributed by atoms with Crippen molar-refractivity contribution < 1.29 is 23.2 Å². The summed E-state index contributed by atoms with van der Waals surface area (Å²) in [7, 11) is 0. The maximum absolute atomic E-state index is 13.6. The Balaban J connectivity index is 1.54. The first kappa shape index (κ1) is 20.0. The number of carbonyl (C=O) groups is 3. The molecule has 3 amide bonds. The van der Waals surface area contributed by atoms with Crippen LogP contribution in [0.5, 0.6) is 0 Å². The standard InChI is InChI=1S/C22H21F2N3O3/c23-17-8-7-16(11-18(17)24)21(29)25-9-4-10-27-19(13-25)22(30)26(14-20(27)28)12-15-5-2-1-3-6-15/h1-3,5-8,11,19H,4,9-10,12-14H2. The second kappa shape index (κ2) is 8.22. The largest absolute Gasteiger partial charge is 0.336 e. The van der Waals surface area contributed by atoms with E-state index in [1.165, 1.54) is 20.8 Å². The fourth-order valence-electron chi connectivity index (χ4n) is 3.97. The highest BCUT2D eigenvalue weighted by molar-refractivity contribution is 5.97. The van der Waals surface area contributed by atoms with E-state index in [4.69, 9.17) is 0 Å². The molecule has 0 saturated carbocycles. The number of fused-ring (bicyclic) bond motifs is 1. The second-order valence-corrected chi connectivity index (χ2v) is 7.52. The summed E-state index contributed by atoms with van der Waals surface area (Å²) in [6.07, 6.45) is 0.504. The number of nitrogens with zero attached hydrogens (tertiary/aromatic N) is 3. The summed E-state index contributed by atoms with van der Waals surface area (Å²) < 4.78 is 26.8. The van der Waals surface area contributed by atoms with Crippen LogP contribution < -0.4 is 0 Å². The predicted octanol–water partition coefficient (Wildman–Crippen LogP) is 2.05. The Hall–Kier alpha value is -3.29. The minimum absolute atomic E-state index is 0.00134. The van der Waals surface area contributed by atoms with E-state index in [1.54, 1.807) is 0 Å². The van der Waals surface area contributed by atoms with Gasteiger partial charge in [0.25, 0.3) is 5.91 Å². The molecule has 2 aromatic carbocycles. The highest BCUT2D eigenvalue weighted by Crippen LogP contribution is 2.21. The molecule has 2 heterocycles. The normalized spacial score (nSPS) is 19.5. The van der Waals surface area contributed by atoms with Gasteiger partial charge in [-0.15, -0.1) is 0 Å². The average Bonchev–Trinajstić information content (AvgIpc) is 2.98. The molecule has 0 bridgehead atoms. The molecular weight excluding hydrogens is 392 g/mol. The van der Waals surface area contributed by atoms with Crippen molar-refractivity contribution in [2.24, 2.45) is 0 Å². The molecule has 1 atom stereocenters. The van der Waals surface area contributed by atoms with Crippen LogP contribution in [-0.4, -0.2) is 64.6 Å². The van der Waals surface area contributed by atoms with Gasteiger partial charge < -0.3 is 14.7 Å². The average molecular weight is 413 g/mol. The van der Waals surface area contributed by atoms with E-state index < -0.39 is 23.6 Å². The Labute approximate surface area is 172 Å². The number of hydrogen-bond acceptors (Lipinski definition) is 3. The molecule has 2 fully saturated rings. The number of piperazine rings is 1. The molecule has 4 rings (SSSR count). The summed E-state index contributed by atoms with van der Waals surface area (Å²) in [5, 5.41) is 0. The van der Waals surface area contributed by atoms with Gasteiger partial charge in [-0.25, -0.2) is 8.78 Å². The van der Waals surface area contributed by atoms with E-state index in [0.717, 1.165) is 17.7 Å². The summed E-state index contributed by atoms with van der Waals surface area (Å²) >= 11 is 0. The second-order valence-electron chi connectivity index (χ2n) is 7.52. The lowest BCUT2D eigenvalue weighted by molar-refractivity contribution is -0.156. The van der Waals surface area contributed by atoms with Gasteiger partial charge >= 0.3 is 0 Å². The molecular formula is C22H21F2N3O3. The lowest BCUT2D eigenvalue weighted by Crippen LogP contribution is -2.61. The maximum Gasteiger partial charge on any atom is 0.254 e. The molecule has 2 saturated heterocycles. The first-order valence-electron chi connectivity index (χ1n) is 9.80. The molecule has 2 aromatic rings. The third-order valence-corrected chi connectivity index (χ3v) is 5.51. The van der Waals surface area contributed by atoms with Crippen molar-refractivity contribution in [1.82, 2.24) is 14.7 Å². The highest BCUT2D eigenvalue weighted by atomic mass is 19.2. The molecule has 0 aliphatic carbocycles. The van der Waals surface area contributed by atoms with Crippen molar-refractivity contribution in [1.29, 1.82) is 0 Å². The van der Waals surface area contributed by atoms with Gasteiger partial charge in [-0.1, -0.05) is 30.3 Å². The lowest BCUT2D eigenvalue weighted by atomic mass is 10.1. The van der Waals surface area contributed by atoms with Gasteiger partial charge in [0, 0.05) is 25.2 Å². The van der Waals surface area contributed by atoms with E-state index in [1.807, 2.05) is 30.3 Å². The van der Waals surface area contributed by atoms with E-state index in [-0.39, 0.29) is 30.5 Å². The fraction of sp³-hybridized carbons (Fsp3) is 0.318. The van der Waals surface area contributed by atoms with Crippen LogP contribution in [0.3, 0.4) is 0 Å². The van der Waals surface area contributed by atoms with Crippen LogP contribution in [0.25, 0.3) is 0 Å². The van der Waals surface area contributed by atoms with Crippen LogP contribution in [0, 0.1) is 11.6 Å². The molecule has 0 N–H and O–H groups in total. The monoisotopic (exact) mass is 413 g/mol. The lowest BCUT2D eigenvalue weighted by Gasteiger charge is -2.40. The molecule has 0 spiro atoms. The highest BCUT2D eigenvalue weighted by Gasteiger charge is 2.42. The number of benzene rings is 2. The fourth-order valence-corrected chi connectivity index (χ4v) is 3.97. The van der Waals surface area contributed by atoms with E-state index in [0.29, 0.717) is 26.1 Å². The Bertz CT molecular complexity index is 983. The Morgan fingerprint density at radius 2 is 1.77 bits per heavy atom. The van der Waals surface area contributed by atoms with Crippen molar-refractivity contribution in [2.75, 3.05) is 26.2 Å². The van der Waals surface area contributed by atoms with Crippen LogP contribution in [0.2, 0.25) is 0 Å². The number of hydrogen-bond donors (Lipinski definition) is 0. The zero-order chi connectivity index (χ0) is 21.3. The van der Waals surface area contributed by atoms with E-state index in [9.17, 15) is 23.2 Å². The smallest absolute Gasteiger partial charge is 0.254 e. The van der Waals surface area contributed by atoms with Gasteiger partial charge in [-0.05, 0) is 30.2 Å². The Morgan fingerprint density at radius 1 is 1.00 bits per heavy atom. The van der Waals surface area contributed by atoms with Crippen LogP contribution >= 0.6 is 0 Å². The summed E-state index contributed by atoms with van der Waals surface area (Å²) in [6.45, 7) is 1.03. The first-order chi connectivity index (χ1) is 14.4. The van der Waals surface area contributed by atoms with Gasteiger partial charge in [0.1, 0.15) is 12.6 Å². The molecule has 0 radical (unpaired) electrons. The Kier molecular flexibility index (Phi) is 5.48. The van der Waals surface area contributed by atoms with Crippen molar-refractivity contribution >= 4 is 17.7 Å². The molecule has 30 heavy (non-hydrogen) atoms. The number of halogens is 2. The Morgan fingerprint density at radius 3 is 2.50 bits per heavy atom. The molecule has 8 heteroatoms. The molecule has 2 aliphatic heterocycles. The molecule has 1 unspecified atom stereocenters. The van der Waals surface area contributed by atoms with Crippen LogP contribution in [0.4, 0.5) is 8.78 Å². The van der Waals surface area contributed by atoms with Crippen molar-refractivity contribution in [3.8, 4) is 0 Å². The van der Waals surface area contributed by atoms with Crippen LogP contribution in [0.15, 0.2) is 48.5 Å². The summed E-state index contributed by atoms with van der Waals surface area (Å²) in [5.41, 5.74) is 0.925. The minimum Gasteiger partial charge on any atom is -0.336 e.